The molecule has 1 aromatic heterocycles. The maximum absolute atomic E-state index is 12.2. The number of para-hydroxylation sites is 1. The van der Waals surface area contributed by atoms with Crippen LogP contribution in [0.3, 0.4) is 0 Å². The molecule has 0 bridgehead atoms. The summed E-state index contributed by atoms with van der Waals surface area (Å²) in [4.78, 5) is 26.4. The van der Waals surface area contributed by atoms with Gasteiger partial charge >= 0.3 is 0 Å². The normalized spacial score (nSPS) is 10.3. The second-order valence-corrected chi connectivity index (χ2v) is 5.09. The van der Waals surface area contributed by atoms with Gasteiger partial charge in [0.2, 0.25) is 0 Å². The van der Waals surface area contributed by atoms with E-state index in [-0.39, 0.29) is 11.6 Å². The first-order valence-electron chi connectivity index (χ1n) is 7.24. The molecular formula is C17H14N4O3. The molecule has 0 aliphatic carbocycles. The molecule has 0 fully saturated rings. The summed E-state index contributed by atoms with van der Waals surface area (Å²) < 4.78 is 1.87. The minimum atomic E-state index is -0.497. The number of non-ortho nitro benzene ring substituents is 1. The van der Waals surface area contributed by atoms with E-state index < -0.39 is 4.92 Å². The molecule has 0 aliphatic heterocycles. The molecule has 1 heterocycles. The van der Waals surface area contributed by atoms with E-state index in [1.54, 1.807) is 12.5 Å². The predicted octanol–water partition coefficient (Wildman–Crippen LogP) is 2.71. The highest BCUT2D eigenvalue weighted by molar-refractivity contribution is 5.94. The van der Waals surface area contributed by atoms with Gasteiger partial charge < -0.3 is 9.88 Å². The molecule has 0 saturated heterocycles. The molecule has 120 valence electrons. The number of carbonyl (C=O) groups excluding carboxylic acids is 1. The second kappa shape index (κ2) is 6.74. The fourth-order valence-corrected chi connectivity index (χ4v) is 2.33. The molecule has 0 atom stereocenters. The van der Waals surface area contributed by atoms with Crippen molar-refractivity contribution in [1.82, 2.24) is 14.9 Å². The van der Waals surface area contributed by atoms with E-state index in [1.165, 1.54) is 24.3 Å². The Morgan fingerprint density at radius 2 is 1.92 bits per heavy atom. The Kier molecular flexibility index (Phi) is 4.33. The lowest BCUT2D eigenvalue weighted by atomic mass is 10.1. The summed E-state index contributed by atoms with van der Waals surface area (Å²) in [5, 5.41) is 13.5. The number of aromatic nitrogens is 2. The van der Waals surface area contributed by atoms with Crippen LogP contribution in [-0.4, -0.2) is 20.4 Å². The van der Waals surface area contributed by atoms with Crippen LogP contribution in [0.1, 0.15) is 15.9 Å². The van der Waals surface area contributed by atoms with Crippen molar-refractivity contribution in [2.75, 3.05) is 0 Å². The van der Waals surface area contributed by atoms with Gasteiger partial charge in [0.1, 0.15) is 0 Å². The number of carbonyl (C=O) groups is 1. The molecule has 0 saturated carbocycles. The van der Waals surface area contributed by atoms with Crippen molar-refractivity contribution in [2.24, 2.45) is 0 Å². The zero-order valence-electron chi connectivity index (χ0n) is 12.6. The number of nitrogens with zero attached hydrogens (tertiary/aromatic N) is 3. The number of nitro benzene ring substituents is 1. The fourth-order valence-electron chi connectivity index (χ4n) is 2.33. The lowest BCUT2D eigenvalue weighted by molar-refractivity contribution is -0.384. The van der Waals surface area contributed by atoms with Crippen LogP contribution in [0.15, 0.2) is 67.3 Å². The Bertz CT molecular complexity index is 858. The Balaban J connectivity index is 1.72. The molecule has 24 heavy (non-hydrogen) atoms. The fraction of sp³-hybridized carbons (Fsp3) is 0.0588. The minimum Gasteiger partial charge on any atom is -0.348 e. The second-order valence-electron chi connectivity index (χ2n) is 5.09. The third kappa shape index (κ3) is 3.30. The van der Waals surface area contributed by atoms with Crippen LogP contribution in [0.5, 0.6) is 0 Å². The third-order valence-electron chi connectivity index (χ3n) is 3.55. The number of hydrogen-bond donors (Lipinski definition) is 1. The van der Waals surface area contributed by atoms with E-state index in [0.29, 0.717) is 12.1 Å². The smallest absolute Gasteiger partial charge is 0.269 e. The molecule has 0 radical (unpaired) electrons. The maximum atomic E-state index is 12.2. The third-order valence-corrected chi connectivity index (χ3v) is 3.55. The van der Waals surface area contributed by atoms with Crippen LogP contribution >= 0.6 is 0 Å². The van der Waals surface area contributed by atoms with Crippen molar-refractivity contribution in [2.45, 2.75) is 6.54 Å². The highest BCUT2D eigenvalue weighted by Gasteiger charge is 2.10. The van der Waals surface area contributed by atoms with E-state index in [9.17, 15) is 14.9 Å². The van der Waals surface area contributed by atoms with Crippen LogP contribution in [-0.2, 0) is 6.54 Å². The average Bonchev–Trinajstić information content (AvgIpc) is 3.14. The van der Waals surface area contributed by atoms with Crippen LogP contribution in [0.4, 0.5) is 5.69 Å². The van der Waals surface area contributed by atoms with Crippen molar-refractivity contribution in [3.8, 4) is 5.69 Å². The van der Waals surface area contributed by atoms with Gasteiger partial charge in [-0.2, -0.15) is 0 Å². The first kappa shape index (κ1) is 15.4. The number of imidazole rings is 1. The number of amides is 1. The maximum Gasteiger partial charge on any atom is 0.269 e. The van der Waals surface area contributed by atoms with E-state index in [4.69, 9.17) is 0 Å². The van der Waals surface area contributed by atoms with Gasteiger partial charge in [0.05, 0.1) is 16.9 Å². The number of hydrogen-bond acceptors (Lipinski definition) is 4. The zero-order valence-corrected chi connectivity index (χ0v) is 12.6. The molecular weight excluding hydrogens is 308 g/mol. The minimum absolute atomic E-state index is 0.0444. The molecule has 3 rings (SSSR count). The van der Waals surface area contributed by atoms with Gasteiger partial charge in [0.15, 0.2) is 0 Å². The van der Waals surface area contributed by atoms with E-state index in [0.717, 1.165) is 11.3 Å². The summed E-state index contributed by atoms with van der Waals surface area (Å²) in [5.41, 5.74) is 2.20. The highest BCUT2D eigenvalue weighted by Crippen LogP contribution is 2.15. The Morgan fingerprint density at radius 3 is 2.58 bits per heavy atom. The van der Waals surface area contributed by atoms with Gasteiger partial charge in [-0.15, -0.1) is 0 Å². The van der Waals surface area contributed by atoms with Gasteiger partial charge in [-0.05, 0) is 23.8 Å². The standard InChI is InChI=1S/C17H14N4O3/c22-17(13-5-7-15(8-6-13)21(23)24)19-11-14-3-1-2-4-16(14)20-10-9-18-12-20/h1-10,12H,11H2,(H,19,22). The molecule has 1 amide bonds. The molecule has 0 spiro atoms. The van der Waals surface area contributed by atoms with Gasteiger partial charge in [-0.25, -0.2) is 4.98 Å². The summed E-state index contributed by atoms with van der Waals surface area (Å²) in [5.74, 6) is -0.287. The topological polar surface area (TPSA) is 90.1 Å². The Morgan fingerprint density at radius 1 is 1.17 bits per heavy atom. The first-order chi connectivity index (χ1) is 11.6. The van der Waals surface area contributed by atoms with Crippen LogP contribution in [0.25, 0.3) is 5.69 Å². The van der Waals surface area contributed by atoms with E-state index in [2.05, 4.69) is 10.3 Å². The van der Waals surface area contributed by atoms with Crippen molar-refractivity contribution in [3.63, 3.8) is 0 Å². The van der Waals surface area contributed by atoms with Gasteiger partial charge in [0, 0.05) is 36.6 Å². The summed E-state index contributed by atoms with van der Waals surface area (Å²) in [7, 11) is 0. The number of nitrogens with one attached hydrogen (secondary N) is 1. The Labute approximate surface area is 137 Å². The van der Waals surface area contributed by atoms with Gasteiger partial charge in [-0.1, -0.05) is 18.2 Å². The summed E-state index contributed by atoms with van der Waals surface area (Å²) in [6.45, 7) is 0.337. The summed E-state index contributed by atoms with van der Waals surface area (Å²) in [6, 6.07) is 13.2. The first-order valence-corrected chi connectivity index (χ1v) is 7.24. The van der Waals surface area contributed by atoms with Crippen molar-refractivity contribution >= 4 is 11.6 Å². The van der Waals surface area contributed by atoms with Crippen molar-refractivity contribution in [3.05, 3.63) is 88.5 Å². The lowest BCUT2D eigenvalue weighted by Crippen LogP contribution is -2.23. The molecule has 7 heteroatoms. The number of nitro groups is 1. The van der Waals surface area contributed by atoms with Crippen molar-refractivity contribution in [1.29, 1.82) is 0 Å². The summed E-state index contributed by atoms with van der Waals surface area (Å²) in [6.07, 6.45) is 5.21. The van der Waals surface area contributed by atoms with E-state index in [1.807, 2.05) is 35.0 Å². The lowest BCUT2D eigenvalue weighted by Gasteiger charge is -2.11. The van der Waals surface area contributed by atoms with Crippen molar-refractivity contribution < 1.29 is 9.72 Å². The van der Waals surface area contributed by atoms with E-state index >= 15 is 0 Å². The molecule has 0 unspecified atom stereocenters. The van der Waals surface area contributed by atoms with Crippen LogP contribution < -0.4 is 5.32 Å². The monoisotopic (exact) mass is 322 g/mol. The molecule has 7 nitrogen and oxygen atoms in total. The van der Waals surface area contributed by atoms with Crippen LogP contribution in [0.2, 0.25) is 0 Å². The zero-order chi connectivity index (χ0) is 16.9. The number of rotatable bonds is 5. The van der Waals surface area contributed by atoms with Gasteiger partial charge in [-0.3, -0.25) is 14.9 Å². The average molecular weight is 322 g/mol. The quantitative estimate of drug-likeness (QED) is 0.577. The largest absolute Gasteiger partial charge is 0.348 e. The molecule has 2 aromatic carbocycles. The van der Waals surface area contributed by atoms with Gasteiger partial charge in [0.25, 0.3) is 11.6 Å². The molecule has 1 N–H and O–H groups in total. The molecule has 0 aliphatic rings. The Hall–Kier alpha value is -3.48. The molecule has 3 aromatic rings. The SMILES string of the molecule is O=C(NCc1ccccc1-n1ccnc1)c1ccc([N+](=O)[O-])cc1. The predicted molar refractivity (Wildman–Crippen MR) is 87.8 cm³/mol. The highest BCUT2D eigenvalue weighted by atomic mass is 16.6. The number of benzene rings is 2. The summed E-state index contributed by atoms with van der Waals surface area (Å²) >= 11 is 0. The van der Waals surface area contributed by atoms with Crippen LogP contribution in [0, 0.1) is 10.1 Å².